The van der Waals surface area contributed by atoms with Crippen LogP contribution in [0.15, 0.2) is 53.4 Å². The third-order valence-electron chi connectivity index (χ3n) is 4.22. The first kappa shape index (κ1) is 14.6. The van der Waals surface area contributed by atoms with Gasteiger partial charge in [0, 0.05) is 16.2 Å². The highest BCUT2D eigenvalue weighted by atomic mass is 32.2. The van der Waals surface area contributed by atoms with Crippen molar-refractivity contribution >= 4 is 11.8 Å². The molecule has 110 valence electrons. The summed E-state index contributed by atoms with van der Waals surface area (Å²) in [6.07, 6.45) is 3.17. The fraction of sp³-hybridized carbons (Fsp3) is 0.333. The Balaban J connectivity index is 1.68. The van der Waals surface area contributed by atoms with E-state index in [1.54, 1.807) is 0 Å². The number of hydrazine groups is 1. The van der Waals surface area contributed by atoms with E-state index in [9.17, 15) is 0 Å². The van der Waals surface area contributed by atoms with E-state index in [0.29, 0.717) is 11.3 Å². The van der Waals surface area contributed by atoms with E-state index in [2.05, 4.69) is 60.9 Å². The molecule has 0 aromatic heterocycles. The topological polar surface area (TPSA) is 38.0 Å². The molecule has 2 nitrogen and oxygen atoms in total. The summed E-state index contributed by atoms with van der Waals surface area (Å²) in [6.45, 7) is 2.19. The molecule has 0 aliphatic carbocycles. The lowest BCUT2D eigenvalue weighted by molar-refractivity contribution is 0.506. The molecule has 0 saturated heterocycles. The number of nitrogens with two attached hydrogens (primary N) is 1. The van der Waals surface area contributed by atoms with Crippen molar-refractivity contribution in [2.75, 3.05) is 0 Å². The minimum atomic E-state index is 0.301. The minimum Gasteiger partial charge on any atom is -0.271 e. The third kappa shape index (κ3) is 3.31. The fourth-order valence-electron chi connectivity index (χ4n) is 2.90. The van der Waals surface area contributed by atoms with Crippen LogP contribution in [-0.2, 0) is 19.3 Å². The molecule has 1 heterocycles. The van der Waals surface area contributed by atoms with Gasteiger partial charge in [-0.2, -0.15) is 0 Å². The van der Waals surface area contributed by atoms with Crippen LogP contribution in [-0.4, -0.2) is 11.3 Å². The molecule has 0 fully saturated rings. The number of hydrogen-bond acceptors (Lipinski definition) is 3. The maximum Gasteiger partial charge on any atom is 0.0376 e. The van der Waals surface area contributed by atoms with Gasteiger partial charge in [-0.1, -0.05) is 49.4 Å². The van der Waals surface area contributed by atoms with Crippen molar-refractivity contribution < 1.29 is 0 Å². The smallest absolute Gasteiger partial charge is 0.0376 e. The molecule has 3 rings (SSSR count). The zero-order valence-corrected chi connectivity index (χ0v) is 13.2. The number of hydrogen-bond donors (Lipinski definition) is 2. The highest BCUT2D eigenvalue weighted by Gasteiger charge is 2.28. The van der Waals surface area contributed by atoms with Gasteiger partial charge in [0.05, 0.1) is 0 Å². The average Bonchev–Trinajstić information content (AvgIpc) is 2.97. The maximum absolute atomic E-state index is 5.83. The number of rotatable bonds is 5. The summed E-state index contributed by atoms with van der Waals surface area (Å²) in [6, 6.07) is 17.9. The molecule has 2 unspecified atom stereocenters. The minimum absolute atomic E-state index is 0.301. The molecule has 3 heteroatoms. The Morgan fingerprint density at radius 1 is 1.14 bits per heavy atom. The van der Waals surface area contributed by atoms with Crippen molar-refractivity contribution in [2.45, 2.75) is 42.4 Å². The first-order valence-corrected chi connectivity index (χ1v) is 8.46. The van der Waals surface area contributed by atoms with Crippen molar-refractivity contribution in [1.29, 1.82) is 0 Å². The van der Waals surface area contributed by atoms with Gasteiger partial charge < -0.3 is 0 Å². The van der Waals surface area contributed by atoms with Crippen LogP contribution in [0.5, 0.6) is 0 Å². The molecular weight excluding hydrogens is 276 g/mol. The van der Waals surface area contributed by atoms with Gasteiger partial charge in [-0.3, -0.25) is 11.3 Å². The van der Waals surface area contributed by atoms with Crippen molar-refractivity contribution in [3.05, 3.63) is 65.2 Å². The number of thioether (sulfide) groups is 1. The van der Waals surface area contributed by atoms with Gasteiger partial charge >= 0.3 is 0 Å². The standard InChI is InChI=1S/C18H22N2S/c1-2-13-7-9-14(10-8-13)11-16(20-19)18-12-15-5-3-4-6-17(15)21-18/h3-10,16,18,20H,2,11-12,19H2,1H3. The quantitative estimate of drug-likeness (QED) is 0.657. The first-order chi connectivity index (χ1) is 10.3. The molecule has 1 aliphatic heterocycles. The Morgan fingerprint density at radius 3 is 2.52 bits per heavy atom. The van der Waals surface area contributed by atoms with E-state index in [4.69, 9.17) is 5.84 Å². The van der Waals surface area contributed by atoms with Gasteiger partial charge in [-0.25, -0.2) is 0 Å². The lowest BCUT2D eigenvalue weighted by Crippen LogP contribution is -2.44. The van der Waals surface area contributed by atoms with Gasteiger partial charge in [-0.15, -0.1) is 11.8 Å². The van der Waals surface area contributed by atoms with Gasteiger partial charge in [0.25, 0.3) is 0 Å². The Bertz CT molecular complexity index is 569. The monoisotopic (exact) mass is 298 g/mol. The van der Waals surface area contributed by atoms with Crippen LogP contribution in [0.4, 0.5) is 0 Å². The van der Waals surface area contributed by atoms with E-state index in [1.807, 2.05) is 11.8 Å². The van der Waals surface area contributed by atoms with Crippen LogP contribution in [0.25, 0.3) is 0 Å². The Kier molecular flexibility index (Phi) is 4.63. The van der Waals surface area contributed by atoms with Crippen LogP contribution in [0.3, 0.4) is 0 Å². The lowest BCUT2D eigenvalue weighted by Gasteiger charge is -2.22. The summed E-state index contributed by atoms with van der Waals surface area (Å²) in [5, 5.41) is 0.512. The Hall–Kier alpha value is -1.29. The summed E-state index contributed by atoms with van der Waals surface area (Å²) < 4.78 is 0. The summed E-state index contributed by atoms with van der Waals surface area (Å²) in [4.78, 5) is 1.41. The molecular formula is C18H22N2S. The normalized spacial score (nSPS) is 18.5. The highest BCUT2D eigenvalue weighted by Crippen LogP contribution is 2.38. The van der Waals surface area contributed by atoms with E-state index in [-0.39, 0.29) is 0 Å². The molecule has 0 saturated carbocycles. The van der Waals surface area contributed by atoms with Gasteiger partial charge in [0.2, 0.25) is 0 Å². The average molecular weight is 298 g/mol. The molecule has 2 atom stereocenters. The number of nitrogens with one attached hydrogen (secondary N) is 1. The van der Waals surface area contributed by atoms with E-state index in [0.717, 1.165) is 19.3 Å². The van der Waals surface area contributed by atoms with Crippen LogP contribution >= 0.6 is 11.8 Å². The van der Waals surface area contributed by atoms with Crippen LogP contribution in [0.2, 0.25) is 0 Å². The predicted octanol–water partition coefficient (Wildman–Crippen LogP) is 3.34. The van der Waals surface area contributed by atoms with Gasteiger partial charge in [0.15, 0.2) is 0 Å². The van der Waals surface area contributed by atoms with E-state index >= 15 is 0 Å². The Morgan fingerprint density at radius 2 is 1.86 bits per heavy atom. The molecule has 3 N–H and O–H groups in total. The fourth-order valence-corrected chi connectivity index (χ4v) is 4.28. The number of fused-ring (bicyclic) bond motifs is 1. The van der Waals surface area contributed by atoms with Crippen molar-refractivity contribution in [3.63, 3.8) is 0 Å². The Labute approximate surface area is 131 Å². The summed E-state index contributed by atoms with van der Waals surface area (Å²) in [5.74, 6) is 5.83. The lowest BCUT2D eigenvalue weighted by atomic mass is 9.98. The second kappa shape index (κ2) is 6.65. The summed E-state index contributed by atoms with van der Waals surface area (Å²) >= 11 is 1.95. The SMILES string of the molecule is CCc1ccc(CC(NN)C2Cc3ccccc3S2)cc1. The van der Waals surface area contributed by atoms with E-state index in [1.165, 1.54) is 21.6 Å². The summed E-state index contributed by atoms with van der Waals surface area (Å²) in [5.41, 5.74) is 7.23. The number of benzene rings is 2. The zero-order chi connectivity index (χ0) is 14.7. The maximum atomic E-state index is 5.83. The van der Waals surface area contributed by atoms with Crippen LogP contribution in [0, 0.1) is 0 Å². The molecule has 0 bridgehead atoms. The molecule has 0 radical (unpaired) electrons. The highest BCUT2D eigenvalue weighted by molar-refractivity contribution is 8.00. The van der Waals surface area contributed by atoms with E-state index < -0.39 is 0 Å². The third-order valence-corrected chi connectivity index (χ3v) is 5.67. The van der Waals surface area contributed by atoms with Crippen molar-refractivity contribution in [2.24, 2.45) is 5.84 Å². The molecule has 0 spiro atoms. The van der Waals surface area contributed by atoms with Gasteiger partial charge in [0.1, 0.15) is 0 Å². The van der Waals surface area contributed by atoms with Gasteiger partial charge in [-0.05, 0) is 42.0 Å². The molecule has 21 heavy (non-hydrogen) atoms. The molecule has 1 aliphatic rings. The van der Waals surface area contributed by atoms with Crippen molar-refractivity contribution in [3.8, 4) is 0 Å². The first-order valence-electron chi connectivity index (χ1n) is 7.58. The second-order valence-electron chi connectivity index (χ2n) is 5.62. The molecule has 0 amide bonds. The zero-order valence-electron chi connectivity index (χ0n) is 12.4. The second-order valence-corrected chi connectivity index (χ2v) is 6.90. The van der Waals surface area contributed by atoms with Crippen molar-refractivity contribution in [1.82, 2.24) is 5.43 Å². The number of aryl methyl sites for hydroxylation is 1. The predicted molar refractivity (Wildman–Crippen MR) is 90.4 cm³/mol. The molecule has 2 aromatic rings. The van der Waals surface area contributed by atoms with Crippen LogP contribution in [0.1, 0.15) is 23.6 Å². The largest absolute Gasteiger partial charge is 0.271 e. The molecule has 2 aromatic carbocycles. The summed E-state index contributed by atoms with van der Waals surface area (Å²) in [7, 11) is 0. The van der Waals surface area contributed by atoms with Crippen LogP contribution < -0.4 is 11.3 Å².